The van der Waals surface area contributed by atoms with Gasteiger partial charge in [-0.15, -0.1) is 0 Å². The predicted molar refractivity (Wildman–Crippen MR) is 171 cm³/mol. The normalized spacial score (nSPS) is 24.1. The summed E-state index contributed by atoms with van der Waals surface area (Å²) in [5, 5.41) is 20.3. The van der Waals surface area contributed by atoms with E-state index in [0.29, 0.717) is 11.7 Å². The van der Waals surface area contributed by atoms with Crippen LogP contribution in [-0.4, -0.2) is 35.5 Å². The number of carbonyl (C=O) groups is 1. The Morgan fingerprint density at radius 2 is 1.60 bits per heavy atom. The van der Waals surface area contributed by atoms with Crippen LogP contribution in [-0.2, 0) is 26.8 Å². The van der Waals surface area contributed by atoms with Crippen molar-refractivity contribution >= 4 is 5.97 Å². The van der Waals surface area contributed by atoms with Crippen LogP contribution in [0.3, 0.4) is 0 Å². The quantitative estimate of drug-likeness (QED) is 0.251. The number of aromatic hydroxyl groups is 1. The standard InChI is InChI=1S/C38H48O5/c1-25(2)26-8-18-33-27(22-26)9-19-34-37(33,5)20-7-21-38(34,6)35(41)43-24-31(40)23-42-32-16-12-29(13-17-32)36(3,4)28-10-14-30(39)15-11-28/h8,10-18,22,25,31,34,39-40H,7,9,19-21,23-24H2,1-6H3. The number of benzene rings is 3. The third kappa shape index (κ3) is 6.06. The molecule has 2 aliphatic carbocycles. The molecule has 4 atom stereocenters. The molecule has 43 heavy (non-hydrogen) atoms. The van der Waals surface area contributed by atoms with Crippen LogP contribution in [0.1, 0.15) is 101 Å². The fraction of sp³-hybridized carbons (Fsp3) is 0.500. The molecule has 0 aliphatic heterocycles. The Kier molecular flexibility index (Phi) is 8.68. The molecule has 0 aromatic heterocycles. The molecule has 0 spiro atoms. The molecule has 2 aliphatic rings. The zero-order valence-corrected chi connectivity index (χ0v) is 26.7. The minimum Gasteiger partial charge on any atom is -0.508 e. The molecule has 4 unspecified atom stereocenters. The van der Waals surface area contributed by atoms with Gasteiger partial charge in [0.05, 0.1) is 5.41 Å². The number of rotatable bonds is 9. The second-order valence-corrected chi connectivity index (χ2v) is 14.1. The number of carbonyl (C=O) groups excluding carboxylic acids is 1. The van der Waals surface area contributed by atoms with Gasteiger partial charge in [-0.05, 0) is 102 Å². The summed E-state index contributed by atoms with van der Waals surface area (Å²) in [5.41, 5.74) is 5.54. The van der Waals surface area contributed by atoms with Crippen LogP contribution in [0.15, 0.2) is 66.7 Å². The zero-order chi connectivity index (χ0) is 31.0. The first kappa shape index (κ1) is 31.1. The van der Waals surface area contributed by atoms with Gasteiger partial charge in [-0.2, -0.15) is 0 Å². The number of phenolic OH excluding ortho intramolecular Hbond substituents is 1. The van der Waals surface area contributed by atoms with Crippen LogP contribution in [0.25, 0.3) is 0 Å². The van der Waals surface area contributed by atoms with Gasteiger partial charge in [0, 0.05) is 5.41 Å². The number of aliphatic hydroxyl groups excluding tert-OH is 1. The molecule has 0 radical (unpaired) electrons. The SMILES string of the molecule is CC(C)c1ccc2c(c1)CCC1C(C)(C(=O)OCC(O)COc3ccc(C(C)(C)c4ccc(O)cc4)cc3)CCCC21C. The van der Waals surface area contributed by atoms with Crippen LogP contribution in [0, 0.1) is 11.3 Å². The fourth-order valence-corrected chi connectivity index (χ4v) is 7.70. The van der Waals surface area contributed by atoms with Gasteiger partial charge >= 0.3 is 5.97 Å². The van der Waals surface area contributed by atoms with Gasteiger partial charge in [-0.1, -0.05) is 83.5 Å². The molecular weight excluding hydrogens is 536 g/mol. The van der Waals surface area contributed by atoms with E-state index in [1.54, 1.807) is 12.1 Å². The number of phenols is 1. The van der Waals surface area contributed by atoms with E-state index in [4.69, 9.17) is 9.47 Å². The van der Waals surface area contributed by atoms with Crippen molar-refractivity contribution in [3.63, 3.8) is 0 Å². The molecule has 1 saturated carbocycles. The van der Waals surface area contributed by atoms with Gasteiger partial charge in [0.2, 0.25) is 0 Å². The van der Waals surface area contributed by atoms with Crippen molar-refractivity contribution in [2.24, 2.45) is 11.3 Å². The zero-order valence-electron chi connectivity index (χ0n) is 26.7. The molecule has 5 heteroatoms. The van der Waals surface area contributed by atoms with Crippen LogP contribution < -0.4 is 4.74 Å². The molecule has 5 rings (SSSR count). The molecule has 0 amide bonds. The Morgan fingerprint density at radius 3 is 2.26 bits per heavy atom. The van der Waals surface area contributed by atoms with E-state index in [2.05, 4.69) is 59.7 Å². The maximum Gasteiger partial charge on any atom is 0.312 e. The number of fused-ring (bicyclic) bond motifs is 3. The number of ether oxygens (including phenoxy) is 2. The Morgan fingerprint density at radius 1 is 0.953 bits per heavy atom. The van der Waals surface area contributed by atoms with E-state index >= 15 is 0 Å². The van der Waals surface area contributed by atoms with E-state index in [1.807, 2.05) is 36.4 Å². The van der Waals surface area contributed by atoms with Crippen molar-refractivity contribution in [1.82, 2.24) is 0 Å². The molecule has 3 aromatic carbocycles. The van der Waals surface area contributed by atoms with Gasteiger partial charge in [0.25, 0.3) is 0 Å². The minimum atomic E-state index is -0.919. The van der Waals surface area contributed by atoms with Crippen molar-refractivity contribution in [2.45, 2.75) is 96.5 Å². The highest BCUT2D eigenvalue weighted by atomic mass is 16.5. The van der Waals surface area contributed by atoms with Gasteiger partial charge in [0.1, 0.15) is 30.8 Å². The highest BCUT2D eigenvalue weighted by molar-refractivity contribution is 5.77. The summed E-state index contributed by atoms with van der Waals surface area (Å²) in [6, 6.07) is 22.0. The Labute approximate surface area is 257 Å². The average Bonchev–Trinajstić information content (AvgIpc) is 2.98. The second kappa shape index (κ2) is 12.0. The molecule has 0 heterocycles. The Hall–Kier alpha value is -3.31. The maximum atomic E-state index is 13.6. The third-order valence-electron chi connectivity index (χ3n) is 10.5. The summed E-state index contributed by atoms with van der Waals surface area (Å²) in [6.45, 7) is 13.1. The molecule has 0 bridgehead atoms. The highest BCUT2D eigenvalue weighted by Crippen LogP contribution is 2.57. The number of aryl methyl sites for hydroxylation is 1. The first-order chi connectivity index (χ1) is 20.3. The molecule has 3 aromatic rings. The van der Waals surface area contributed by atoms with Crippen molar-refractivity contribution in [1.29, 1.82) is 0 Å². The van der Waals surface area contributed by atoms with Crippen molar-refractivity contribution < 1.29 is 24.5 Å². The van der Waals surface area contributed by atoms with E-state index in [9.17, 15) is 15.0 Å². The second-order valence-electron chi connectivity index (χ2n) is 14.1. The molecule has 230 valence electrons. The van der Waals surface area contributed by atoms with Gasteiger partial charge in [0.15, 0.2) is 0 Å². The lowest BCUT2D eigenvalue weighted by Crippen LogP contribution is -2.53. The van der Waals surface area contributed by atoms with Gasteiger partial charge in [-0.25, -0.2) is 0 Å². The van der Waals surface area contributed by atoms with Crippen LogP contribution >= 0.6 is 0 Å². The fourth-order valence-electron chi connectivity index (χ4n) is 7.70. The average molecular weight is 585 g/mol. The van der Waals surface area contributed by atoms with Crippen LogP contribution in [0.4, 0.5) is 0 Å². The number of aliphatic hydroxyl groups is 1. The number of hydrogen-bond donors (Lipinski definition) is 2. The van der Waals surface area contributed by atoms with E-state index in [-0.39, 0.29) is 41.7 Å². The molecule has 5 nitrogen and oxygen atoms in total. The Bertz CT molecular complexity index is 1420. The largest absolute Gasteiger partial charge is 0.508 e. The van der Waals surface area contributed by atoms with Crippen molar-refractivity contribution in [3.8, 4) is 11.5 Å². The predicted octanol–water partition coefficient (Wildman–Crippen LogP) is 7.83. The van der Waals surface area contributed by atoms with Crippen LogP contribution in [0.5, 0.6) is 11.5 Å². The van der Waals surface area contributed by atoms with Gasteiger partial charge in [-0.3, -0.25) is 4.79 Å². The lowest BCUT2D eigenvalue weighted by atomic mass is 9.49. The van der Waals surface area contributed by atoms with Gasteiger partial charge < -0.3 is 19.7 Å². The summed E-state index contributed by atoms with van der Waals surface area (Å²) in [4.78, 5) is 13.6. The maximum absolute atomic E-state index is 13.6. The topological polar surface area (TPSA) is 76.0 Å². The first-order valence-corrected chi connectivity index (χ1v) is 15.9. The Balaban J connectivity index is 1.17. The number of hydrogen-bond acceptors (Lipinski definition) is 5. The van der Waals surface area contributed by atoms with E-state index < -0.39 is 11.5 Å². The summed E-state index contributed by atoms with van der Waals surface area (Å²) in [6.07, 6.45) is 3.91. The van der Waals surface area contributed by atoms with E-state index in [0.717, 1.165) is 43.2 Å². The molecule has 0 saturated heterocycles. The lowest BCUT2D eigenvalue weighted by molar-refractivity contribution is -0.168. The number of esters is 1. The third-order valence-corrected chi connectivity index (χ3v) is 10.5. The first-order valence-electron chi connectivity index (χ1n) is 15.9. The highest BCUT2D eigenvalue weighted by Gasteiger charge is 2.55. The molecule has 1 fully saturated rings. The summed E-state index contributed by atoms with van der Waals surface area (Å²) < 4.78 is 11.7. The minimum absolute atomic E-state index is 0.0391. The van der Waals surface area contributed by atoms with E-state index in [1.165, 1.54) is 16.7 Å². The molecule has 2 N–H and O–H groups in total. The lowest BCUT2D eigenvalue weighted by Gasteiger charge is -2.54. The van der Waals surface area contributed by atoms with Crippen molar-refractivity contribution in [3.05, 3.63) is 94.5 Å². The van der Waals surface area contributed by atoms with Crippen LogP contribution in [0.2, 0.25) is 0 Å². The smallest absolute Gasteiger partial charge is 0.312 e. The summed E-state index contributed by atoms with van der Waals surface area (Å²) in [7, 11) is 0. The van der Waals surface area contributed by atoms with Crippen molar-refractivity contribution in [2.75, 3.05) is 13.2 Å². The summed E-state index contributed by atoms with van der Waals surface area (Å²) in [5.74, 6) is 1.40. The molecular formula is C38H48O5. The summed E-state index contributed by atoms with van der Waals surface area (Å²) >= 11 is 0. The monoisotopic (exact) mass is 584 g/mol.